The van der Waals surface area contributed by atoms with Gasteiger partial charge < -0.3 is 39.0 Å². The van der Waals surface area contributed by atoms with E-state index in [2.05, 4.69) is 19.1 Å². The second kappa shape index (κ2) is 18.7. The summed E-state index contributed by atoms with van der Waals surface area (Å²) in [6, 6.07) is 0. The number of carbonyl (C=O) groups is 2. The quantitative estimate of drug-likeness (QED) is 0.160. The van der Waals surface area contributed by atoms with E-state index in [0.717, 1.165) is 64.2 Å². The summed E-state index contributed by atoms with van der Waals surface area (Å²) < 4.78 is 28.0. The van der Waals surface area contributed by atoms with Crippen LogP contribution in [-0.2, 0) is 33.3 Å². The normalized spacial score (nSPS) is 30.6. The summed E-state index contributed by atoms with van der Waals surface area (Å²) in [5, 5.41) is 30.8. The van der Waals surface area contributed by atoms with E-state index in [4.69, 9.17) is 23.7 Å². The molecule has 2 heterocycles. The number of aliphatic hydroxyl groups excluding tert-OH is 3. The van der Waals surface area contributed by atoms with Gasteiger partial charge in [-0.1, -0.05) is 64.0 Å². The van der Waals surface area contributed by atoms with Gasteiger partial charge in [0.1, 0.15) is 31.0 Å². The highest BCUT2D eigenvalue weighted by atomic mass is 16.7. The largest absolute Gasteiger partial charge is 0.462 e. The van der Waals surface area contributed by atoms with E-state index in [1.807, 2.05) is 6.92 Å². The van der Waals surface area contributed by atoms with Crippen molar-refractivity contribution in [2.24, 2.45) is 0 Å². The monoisotopic (exact) mass is 544 g/mol. The molecule has 0 saturated carbocycles. The van der Waals surface area contributed by atoms with Crippen molar-refractivity contribution in [3.05, 3.63) is 12.2 Å². The van der Waals surface area contributed by atoms with Crippen LogP contribution in [0.4, 0.5) is 0 Å². The molecule has 220 valence electrons. The molecule has 2 aliphatic rings. The van der Waals surface area contributed by atoms with E-state index >= 15 is 0 Å². The fraction of sp³-hybridized carbons (Fsp3) is 0.857. The van der Waals surface area contributed by atoms with Crippen LogP contribution < -0.4 is 0 Å². The highest BCUT2D eigenvalue weighted by Crippen LogP contribution is 2.25. The van der Waals surface area contributed by atoms with Crippen molar-refractivity contribution in [2.45, 2.75) is 134 Å². The molecule has 0 aliphatic carbocycles. The molecule has 7 atom stereocenters. The van der Waals surface area contributed by atoms with Crippen LogP contribution in [0.15, 0.2) is 12.2 Å². The molecule has 2 fully saturated rings. The number of hydrogen-bond acceptors (Lipinski definition) is 10. The predicted octanol–water partition coefficient (Wildman–Crippen LogP) is 2.94. The van der Waals surface area contributed by atoms with Crippen LogP contribution in [0.3, 0.4) is 0 Å². The Bertz CT molecular complexity index is 699. The lowest BCUT2D eigenvalue weighted by Crippen LogP contribution is -2.59. The Kier molecular flexibility index (Phi) is 16.0. The average molecular weight is 545 g/mol. The molecule has 10 nitrogen and oxygen atoms in total. The van der Waals surface area contributed by atoms with Gasteiger partial charge in [-0.2, -0.15) is 0 Å². The summed E-state index contributed by atoms with van der Waals surface area (Å²) in [5.41, 5.74) is 0. The molecule has 0 amide bonds. The molecule has 0 aromatic rings. The van der Waals surface area contributed by atoms with Crippen LogP contribution in [0.2, 0.25) is 0 Å². The molecule has 2 aliphatic heterocycles. The third-order valence-electron chi connectivity index (χ3n) is 6.86. The maximum atomic E-state index is 13.0. The Hall–Kier alpha value is -1.56. The molecule has 0 aromatic heterocycles. The van der Waals surface area contributed by atoms with Gasteiger partial charge >= 0.3 is 11.9 Å². The Morgan fingerprint density at radius 3 is 2.45 bits per heavy atom. The van der Waals surface area contributed by atoms with Gasteiger partial charge in [-0.25, -0.2) is 4.79 Å². The minimum absolute atomic E-state index is 0.187. The first-order valence-electron chi connectivity index (χ1n) is 14.3. The summed E-state index contributed by atoms with van der Waals surface area (Å²) >= 11 is 0. The molecule has 38 heavy (non-hydrogen) atoms. The third-order valence-corrected chi connectivity index (χ3v) is 6.86. The lowest BCUT2D eigenvalue weighted by atomic mass is 9.99. The first-order valence-corrected chi connectivity index (χ1v) is 14.3. The molecule has 3 N–H and O–H groups in total. The van der Waals surface area contributed by atoms with Crippen molar-refractivity contribution in [3.8, 4) is 0 Å². The van der Waals surface area contributed by atoms with Crippen molar-refractivity contribution in [1.82, 2.24) is 0 Å². The number of unbranched alkanes of at least 4 members (excludes halogenated alkanes) is 8. The zero-order valence-corrected chi connectivity index (χ0v) is 23.0. The zero-order valence-electron chi connectivity index (χ0n) is 23.0. The first-order chi connectivity index (χ1) is 18.4. The molecule has 10 heteroatoms. The van der Waals surface area contributed by atoms with Crippen molar-refractivity contribution in [3.63, 3.8) is 0 Å². The molecule has 0 radical (unpaired) electrons. The third kappa shape index (κ3) is 11.7. The van der Waals surface area contributed by atoms with Crippen molar-refractivity contribution in [2.75, 3.05) is 19.8 Å². The number of esters is 2. The highest BCUT2D eigenvalue weighted by molar-refractivity contribution is 5.75. The molecule has 0 spiro atoms. The molecule has 2 saturated heterocycles. The number of ether oxygens (including phenoxy) is 5. The average Bonchev–Trinajstić information content (AvgIpc) is 2.93. The maximum Gasteiger partial charge on any atom is 0.335 e. The minimum Gasteiger partial charge on any atom is -0.462 e. The second-order valence-electron chi connectivity index (χ2n) is 10.1. The lowest BCUT2D eigenvalue weighted by molar-refractivity contribution is -0.305. The van der Waals surface area contributed by atoms with Crippen LogP contribution in [0.25, 0.3) is 0 Å². The number of rotatable bonds is 15. The highest BCUT2D eigenvalue weighted by Gasteiger charge is 2.45. The summed E-state index contributed by atoms with van der Waals surface area (Å²) in [5.74, 6) is -1.000. The van der Waals surface area contributed by atoms with E-state index in [-0.39, 0.29) is 32.2 Å². The molecule has 0 aromatic carbocycles. The van der Waals surface area contributed by atoms with E-state index in [1.54, 1.807) is 0 Å². The summed E-state index contributed by atoms with van der Waals surface area (Å²) in [6.45, 7) is 3.47. The SMILES string of the molecule is C/C=C\CCCCCCCC(=O)OC[C@@H]1CO[C@@H]2O[C@H](CO[C@H](CCCCCC)C(=O)O1)[C@H](O)[C@H](O)[C@H]2O. The lowest BCUT2D eigenvalue weighted by Gasteiger charge is -2.40. The van der Waals surface area contributed by atoms with Crippen molar-refractivity contribution < 1.29 is 48.6 Å². The van der Waals surface area contributed by atoms with Crippen molar-refractivity contribution in [1.29, 1.82) is 0 Å². The predicted molar refractivity (Wildman–Crippen MR) is 139 cm³/mol. The molecule has 0 unspecified atom stereocenters. The summed E-state index contributed by atoms with van der Waals surface area (Å²) in [4.78, 5) is 25.2. The Balaban J connectivity index is 1.91. The van der Waals surface area contributed by atoms with Crippen LogP contribution in [0, 0.1) is 0 Å². The van der Waals surface area contributed by atoms with Crippen LogP contribution in [-0.4, -0.2) is 90.0 Å². The fourth-order valence-electron chi connectivity index (χ4n) is 4.47. The molecular formula is C28H48O10. The van der Waals surface area contributed by atoms with Gasteiger partial charge in [-0.15, -0.1) is 0 Å². The number of aliphatic hydroxyl groups is 3. The number of fused-ring (bicyclic) bond motifs is 2. The molecule has 2 bridgehead atoms. The van der Waals surface area contributed by atoms with E-state index in [9.17, 15) is 24.9 Å². The standard InChI is InChI=1S/C28H48O10/c1-3-5-7-9-10-11-12-14-16-23(29)35-17-20-18-36-28-26(32)25(31)24(30)22(38-28)19-34-21(27(33)37-20)15-13-8-6-4-2/h3,5,20-22,24-26,28,30-32H,4,6-19H2,1-2H3/b5-3-/t20-,21-,22-,24+,25+,26-,28-/m1/s1. The molecule has 2 rings (SSSR count). The summed E-state index contributed by atoms with van der Waals surface area (Å²) in [7, 11) is 0. The van der Waals surface area contributed by atoms with Crippen molar-refractivity contribution >= 4 is 11.9 Å². The summed E-state index contributed by atoms with van der Waals surface area (Å²) in [6.07, 6.45) is 6.15. The van der Waals surface area contributed by atoms with E-state index < -0.39 is 48.9 Å². The van der Waals surface area contributed by atoms with Crippen LogP contribution in [0.1, 0.15) is 90.9 Å². The van der Waals surface area contributed by atoms with Gasteiger partial charge in [0.05, 0.1) is 13.2 Å². The first kappa shape index (κ1) is 32.7. The van der Waals surface area contributed by atoms with Gasteiger partial charge in [-0.3, -0.25) is 4.79 Å². The Morgan fingerprint density at radius 1 is 0.947 bits per heavy atom. The van der Waals surface area contributed by atoms with E-state index in [0.29, 0.717) is 6.42 Å². The zero-order chi connectivity index (χ0) is 27.8. The number of cyclic esters (lactones) is 1. The maximum absolute atomic E-state index is 13.0. The fourth-order valence-corrected chi connectivity index (χ4v) is 4.47. The topological polar surface area (TPSA) is 141 Å². The van der Waals surface area contributed by atoms with Gasteiger partial charge in [0, 0.05) is 6.42 Å². The van der Waals surface area contributed by atoms with Gasteiger partial charge in [-0.05, 0) is 32.6 Å². The van der Waals surface area contributed by atoms with E-state index in [1.165, 1.54) is 0 Å². The number of carbonyl (C=O) groups excluding carboxylic acids is 2. The Morgan fingerprint density at radius 2 is 1.68 bits per heavy atom. The number of allylic oxidation sites excluding steroid dienone is 2. The second-order valence-corrected chi connectivity index (χ2v) is 10.1. The van der Waals surface area contributed by atoms with Crippen LogP contribution >= 0.6 is 0 Å². The number of hydrogen-bond donors (Lipinski definition) is 3. The smallest absolute Gasteiger partial charge is 0.335 e. The van der Waals surface area contributed by atoms with Crippen LogP contribution in [0.5, 0.6) is 0 Å². The minimum atomic E-state index is -1.51. The molecular weight excluding hydrogens is 496 g/mol. The van der Waals surface area contributed by atoms with Gasteiger partial charge in [0.25, 0.3) is 0 Å². The Labute approximate surface area is 226 Å². The van der Waals surface area contributed by atoms with Gasteiger partial charge in [0.15, 0.2) is 18.5 Å². The van der Waals surface area contributed by atoms with Gasteiger partial charge in [0.2, 0.25) is 0 Å².